The molecule has 3 rings (SSSR count). The van der Waals surface area contributed by atoms with Crippen molar-refractivity contribution in [3.63, 3.8) is 0 Å². The standard InChI is InChI=1S/C20H29NO2S2/c22-20(9-5-4-8-19-12-15-24-25-19)23-18-10-13-21(14-11-18)16-17-6-2-1-3-7-17/h1-3,6-7,18-19H,4-5,8-16H2/t19-/m1/s1. The molecular formula is C20H29NO2S2. The number of ether oxygens (including phenoxy) is 1. The molecule has 0 saturated carbocycles. The van der Waals surface area contributed by atoms with Crippen molar-refractivity contribution in [2.24, 2.45) is 0 Å². The van der Waals surface area contributed by atoms with Crippen molar-refractivity contribution >= 4 is 27.6 Å². The largest absolute Gasteiger partial charge is 0.462 e. The maximum Gasteiger partial charge on any atom is 0.306 e. The number of likely N-dealkylation sites (tertiary alicyclic amines) is 1. The molecule has 25 heavy (non-hydrogen) atoms. The maximum atomic E-state index is 12.0. The molecule has 1 aromatic rings. The molecule has 0 radical (unpaired) electrons. The van der Waals surface area contributed by atoms with Crippen molar-refractivity contribution in [3.8, 4) is 0 Å². The van der Waals surface area contributed by atoms with Crippen LogP contribution in [0.25, 0.3) is 0 Å². The van der Waals surface area contributed by atoms with Gasteiger partial charge in [0.25, 0.3) is 0 Å². The van der Waals surface area contributed by atoms with Gasteiger partial charge in [-0.25, -0.2) is 0 Å². The van der Waals surface area contributed by atoms with Crippen molar-refractivity contribution in [3.05, 3.63) is 35.9 Å². The van der Waals surface area contributed by atoms with Crippen molar-refractivity contribution in [1.82, 2.24) is 4.90 Å². The number of benzene rings is 1. The van der Waals surface area contributed by atoms with Crippen LogP contribution in [-0.2, 0) is 16.1 Å². The number of esters is 1. The minimum atomic E-state index is 0.00922. The van der Waals surface area contributed by atoms with Crippen LogP contribution < -0.4 is 0 Å². The lowest BCUT2D eigenvalue weighted by atomic mass is 10.1. The van der Waals surface area contributed by atoms with Gasteiger partial charge in [-0.1, -0.05) is 58.3 Å². The summed E-state index contributed by atoms with van der Waals surface area (Å²) in [5.41, 5.74) is 1.36. The van der Waals surface area contributed by atoms with E-state index in [0.29, 0.717) is 6.42 Å². The van der Waals surface area contributed by atoms with Crippen molar-refractivity contribution in [1.29, 1.82) is 0 Å². The van der Waals surface area contributed by atoms with E-state index in [1.165, 1.54) is 24.2 Å². The number of piperidine rings is 1. The lowest BCUT2D eigenvalue weighted by molar-refractivity contribution is -0.151. The summed E-state index contributed by atoms with van der Waals surface area (Å²) in [7, 11) is 4.02. The Labute approximate surface area is 159 Å². The third kappa shape index (κ3) is 6.87. The molecule has 2 aliphatic rings. The first kappa shape index (κ1) is 19.1. The van der Waals surface area contributed by atoms with Crippen LogP contribution in [0.1, 0.15) is 50.5 Å². The molecular weight excluding hydrogens is 350 g/mol. The molecule has 1 atom stereocenters. The molecule has 1 aromatic carbocycles. The van der Waals surface area contributed by atoms with E-state index >= 15 is 0 Å². The Bertz CT molecular complexity index is 512. The summed E-state index contributed by atoms with van der Waals surface area (Å²) in [6.45, 7) is 3.03. The van der Waals surface area contributed by atoms with Crippen LogP contribution in [0.3, 0.4) is 0 Å². The molecule has 0 aromatic heterocycles. The first-order valence-electron chi connectivity index (χ1n) is 9.53. The fourth-order valence-corrected chi connectivity index (χ4v) is 6.51. The van der Waals surface area contributed by atoms with Gasteiger partial charge in [0.05, 0.1) is 0 Å². The van der Waals surface area contributed by atoms with Gasteiger partial charge in [0.2, 0.25) is 0 Å². The van der Waals surface area contributed by atoms with Gasteiger partial charge < -0.3 is 4.74 Å². The highest BCUT2D eigenvalue weighted by Crippen LogP contribution is 2.39. The van der Waals surface area contributed by atoms with E-state index in [1.807, 2.05) is 21.6 Å². The average molecular weight is 380 g/mol. The third-order valence-corrected chi connectivity index (χ3v) is 7.97. The van der Waals surface area contributed by atoms with Crippen LogP contribution in [0.5, 0.6) is 0 Å². The highest BCUT2D eigenvalue weighted by molar-refractivity contribution is 8.77. The van der Waals surface area contributed by atoms with Crippen LogP contribution in [0.15, 0.2) is 30.3 Å². The molecule has 2 fully saturated rings. The Balaban J connectivity index is 1.26. The highest BCUT2D eigenvalue weighted by Gasteiger charge is 2.22. The van der Waals surface area contributed by atoms with Crippen LogP contribution in [0.2, 0.25) is 0 Å². The summed E-state index contributed by atoms with van der Waals surface area (Å²) >= 11 is 0. The van der Waals surface area contributed by atoms with Gasteiger partial charge >= 0.3 is 5.97 Å². The molecule has 5 heteroatoms. The Morgan fingerprint density at radius 3 is 2.64 bits per heavy atom. The molecule has 0 N–H and O–H groups in total. The summed E-state index contributed by atoms with van der Waals surface area (Å²) in [6.07, 6.45) is 7.37. The zero-order chi connectivity index (χ0) is 17.3. The molecule has 0 unspecified atom stereocenters. The van der Waals surface area contributed by atoms with Gasteiger partial charge in [0.1, 0.15) is 6.10 Å². The van der Waals surface area contributed by atoms with Crippen molar-refractivity contribution < 1.29 is 9.53 Å². The predicted molar refractivity (Wildman–Crippen MR) is 108 cm³/mol. The second-order valence-electron chi connectivity index (χ2n) is 7.03. The third-order valence-electron chi connectivity index (χ3n) is 4.97. The van der Waals surface area contributed by atoms with Crippen LogP contribution in [0.4, 0.5) is 0 Å². The maximum absolute atomic E-state index is 12.0. The average Bonchev–Trinajstić information content (AvgIpc) is 3.15. The Morgan fingerprint density at radius 1 is 1.12 bits per heavy atom. The SMILES string of the molecule is O=C(CCCC[C@@H]1CCSS1)OC1CCN(Cc2ccccc2)CC1. The van der Waals surface area contributed by atoms with Gasteiger partial charge in [0, 0.05) is 37.1 Å². The molecule has 0 amide bonds. The molecule has 2 saturated heterocycles. The smallest absolute Gasteiger partial charge is 0.306 e. The monoisotopic (exact) mass is 379 g/mol. The Morgan fingerprint density at radius 2 is 1.92 bits per heavy atom. The highest BCUT2D eigenvalue weighted by atomic mass is 33.1. The quantitative estimate of drug-likeness (QED) is 0.364. The van der Waals surface area contributed by atoms with Crippen LogP contribution in [0, 0.1) is 0 Å². The van der Waals surface area contributed by atoms with Gasteiger partial charge in [0.15, 0.2) is 0 Å². The molecule has 0 spiro atoms. The van der Waals surface area contributed by atoms with Crippen LogP contribution in [-0.4, -0.2) is 41.1 Å². The number of nitrogens with zero attached hydrogens (tertiary/aromatic N) is 1. The summed E-state index contributed by atoms with van der Waals surface area (Å²) in [5.74, 6) is 1.30. The van der Waals surface area contributed by atoms with E-state index in [-0.39, 0.29) is 12.1 Å². The van der Waals surface area contributed by atoms with Gasteiger partial charge in [-0.15, -0.1) is 0 Å². The number of carbonyl (C=O) groups excluding carboxylic acids is 1. The van der Waals surface area contributed by atoms with Gasteiger partial charge in [-0.3, -0.25) is 9.69 Å². The summed E-state index contributed by atoms with van der Waals surface area (Å²) in [5, 5.41) is 0.815. The lowest BCUT2D eigenvalue weighted by Gasteiger charge is -2.31. The van der Waals surface area contributed by atoms with E-state index in [1.54, 1.807) is 0 Å². The Hall–Kier alpha value is -0.650. The first-order valence-corrected chi connectivity index (χ1v) is 11.9. The molecule has 0 aliphatic carbocycles. The lowest BCUT2D eigenvalue weighted by Crippen LogP contribution is -2.37. The number of hydrogen-bond acceptors (Lipinski definition) is 5. The Kier molecular flexibility index (Phi) is 8.02. The minimum Gasteiger partial charge on any atom is -0.462 e. The second-order valence-corrected chi connectivity index (χ2v) is 9.81. The topological polar surface area (TPSA) is 29.5 Å². The van der Waals surface area contributed by atoms with E-state index in [9.17, 15) is 4.79 Å². The van der Waals surface area contributed by atoms with Gasteiger partial charge in [-0.2, -0.15) is 0 Å². The summed E-state index contributed by atoms with van der Waals surface area (Å²) in [4.78, 5) is 14.5. The van der Waals surface area contributed by atoms with E-state index < -0.39 is 0 Å². The van der Waals surface area contributed by atoms with E-state index in [0.717, 1.165) is 50.6 Å². The normalized spacial score (nSPS) is 22.2. The number of carbonyl (C=O) groups is 1. The molecule has 2 heterocycles. The number of rotatable bonds is 8. The number of hydrogen-bond donors (Lipinski definition) is 0. The van der Waals surface area contributed by atoms with Gasteiger partial charge in [-0.05, 0) is 37.7 Å². The first-order chi connectivity index (χ1) is 12.3. The predicted octanol–water partition coefficient (Wildman–Crippen LogP) is 4.91. The molecule has 2 aliphatic heterocycles. The van der Waals surface area contributed by atoms with Crippen molar-refractivity contribution in [2.75, 3.05) is 18.8 Å². The molecule has 3 nitrogen and oxygen atoms in total. The summed E-state index contributed by atoms with van der Waals surface area (Å²) < 4.78 is 5.69. The zero-order valence-electron chi connectivity index (χ0n) is 14.9. The van der Waals surface area contributed by atoms with E-state index in [2.05, 4.69) is 35.2 Å². The second kappa shape index (κ2) is 10.5. The van der Waals surface area contributed by atoms with E-state index in [4.69, 9.17) is 4.74 Å². The van der Waals surface area contributed by atoms with Crippen molar-refractivity contribution in [2.45, 2.75) is 62.8 Å². The zero-order valence-corrected chi connectivity index (χ0v) is 16.5. The minimum absolute atomic E-state index is 0.00922. The fourth-order valence-electron chi connectivity index (χ4n) is 3.48. The fraction of sp³-hybridized carbons (Fsp3) is 0.650. The number of unbranched alkanes of at least 4 members (excludes halogenated alkanes) is 1. The molecule has 138 valence electrons. The van der Waals surface area contributed by atoms with Crippen LogP contribution >= 0.6 is 21.6 Å². The summed E-state index contributed by atoms with van der Waals surface area (Å²) in [6, 6.07) is 10.6. The molecule has 0 bridgehead atoms.